The number of ether oxygens (including phenoxy) is 1. The third kappa shape index (κ3) is 11.9. The Bertz CT molecular complexity index is 2160. The van der Waals surface area contributed by atoms with Crippen LogP contribution in [-0.2, 0) is 41.7 Å². The van der Waals surface area contributed by atoms with Gasteiger partial charge in [0, 0.05) is 25.2 Å². The van der Waals surface area contributed by atoms with Gasteiger partial charge in [-0.15, -0.1) is 0 Å². The maximum absolute atomic E-state index is 13.3. The van der Waals surface area contributed by atoms with E-state index in [0.717, 1.165) is 73.9 Å². The number of fused-ring (bicyclic) bond motifs is 1. The van der Waals surface area contributed by atoms with Gasteiger partial charge >= 0.3 is 0 Å². The Labute approximate surface area is 363 Å². The van der Waals surface area contributed by atoms with Gasteiger partial charge < -0.3 is 26.2 Å². The van der Waals surface area contributed by atoms with Crippen LogP contribution in [0.4, 0.5) is 5.82 Å². The number of carbonyl (C=O) groups excluding carboxylic acids is 2. The highest BCUT2D eigenvalue weighted by Gasteiger charge is 2.43. The summed E-state index contributed by atoms with van der Waals surface area (Å²) in [5.41, 5.74) is 14.0. The quantitative estimate of drug-likeness (QED) is 0.0395. The molecule has 0 spiro atoms. The number of phenols is 1. The van der Waals surface area contributed by atoms with Gasteiger partial charge in [-0.25, -0.2) is 4.98 Å². The molecule has 4 aromatic rings. The van der Waals surface area contributed by atoms with Crippen LogP contribution in [0.15, 0.2) is 97.2 Å². The summed E-state index contributed by atoms with van der Waals surface area (Å²) < 4.78 is 5.46. The lowest BCUT2D eigenvalue weighted by Gasteiger charge is -2.46. The van der Waals surface area contributed by atoms with Crippen LogP contribution in [0.3, 0.4) is 0 Å². The van der Waals surface area contributed by atoms with Crippen molar-refractivity contribution in [3.8, 4) is 11.5 Å². The Balaban J connectivity index is 0.962. The average molecular weight is 823 g/mol. The van der Waals surface area contributed by atoms with E-state index in [1.165, 1.54) is 68.4 Å². The SMILES string of the molecule is CN[C@@H]1C=C[C@H]2CNCC[C@@H]2[C@H]1CC1(CCCC(=O)CC(=O)C=Cc2cc(OC)c(O)cc2Cc2cnc(N)cc2CCc2cccc(CCc3ccccc3)c2)CCCC1. The van der Waals surface area contributed by atoms with E-state index in [-0.39, 0.29) is 29.2 Å². The number of aromatic hydroxyl groups is 1. The minimum atomic E-state index is -0.220. The van der Waals surface area contributed by atoms with Crippen molar-refractivity contribution in [2.75, 3.05) is 33.0 Å². The number of piperidine rings is 1. The van der Waals surface area contributed by atoms with Crippen LogP contribution in [0.25, 0.3) is 6.08 Å². The molecule has 3 aromatic carbocycles. The van der Waals surface area contributed by atoms with Crippen LogP contribution in [0.1, 0.15) is 103 Å². The first-order valence-corrected chi connectivity index (χ1v) is 22.7. The second-order valence-electron chi connectivity index (χ2n) is 18.0. The fraction of sp³-hybridized carbons (Fsp3) is 0.453. The summed E-state index contributed by atoms with van der Waals surface area (Å²) in [6.07, 6.45) is 23.6. The number of aryl methyl sites for hydroxylation is 4. The number of anilines is 1. The van der Waals surface area contributed by atoms with Gasteiger partial charge in [0.2, 0.25) is 0 Å². The summed E-state index contributed by atoms with van der Waals surface area (Å²) in [6, 6.07) is 25.1. The first-order chi connectivity index (χ1) is 29.7. The van der Waals surface area contributed by atoms with Crippen molar-refractivity contribution in [1.29, 1.82) is 0 Å². The number of nitrogens with one attached hydrogen (secondary N) is 2. The molecule has 2 fully saturated rings. The third-order valence-corrected chi connectivity index (χ3v) is 14.0. The molecule has 7 rings (SSSR count). The lowest BCUT2D eigenvalue weighted by Crippen LogP contribution is -2.49. The van der Waals surface area contributed by atoms with Gasteiger partial charge in [0.15, 0.2) is 17.3 Å². The van der Waals surface area contributed by atoms with Gasteiger partial charge in [-0.05, 0) is 171 Å². The molecule has 1 saturated heterocycles. The summed E-state index contributed by atoms with van der Waals surface area (Å²) in [4.78, 5) is 31.0. The Morgan fingerprint density at radius 1 is 0.934 bits per heavy atom. The van der Waals surface area contributed by atoms with Crippen molar-refractivity contribution < 1.29 is 19.4 Å². The van der Waals surface area contributed by atoms with E-state index in [0.29, 0.717) is 48.2 Å². The zero-order valence-corrected chi connectivity index (χ0v) is 36.3. The molecule has 2 heterocycles. The van der Waals surface area contributed by atoms with Crippen LogP contribution in [0, 0.1) is 23.2 Å². The molecular weight excluding hydrogens is 757 g/mol. The topological polar surface area (TPSA) is 127 Å². The molecule has 1 aromatic heterocycles. The predicted octanol–water partition coefficient (Wildman–Crippen LogP) is 9.20. The molecule has 0 bridgehead atoms. The predicted molar refractivity (Wildman–Crippen MR) is 247 cm³/mol. The van der Waals surface area contributed by atoms with Gasteiger partial charge in [0.05, 0.1) is 13.5 Å². The number of nitrogens with two attached hydrogens (primary N) is 1. The second kappa shape index (κ2) is 21.2. The molecule has 1 aliphatic heterocycles. The Kier molecular flexibility index (Phi) is 15.3. The second-order valence-corrected chi connectivity index (χ2v) is 18.0. The highest BCUT2D eigenvalue weighted by atomic mass is 16.5. The van der Waals surface area contributed by atoms with Crippen molar-refractivity contribution in [3.63, 3.8) is 0 Å². The van der Waals surface area contributed by atoms with Crippen LogP contribution < -0.4 is 21.1 Å². The molecule has 0 amide bonds. The van der Waals surface area contributed by atoms with Crippen molar-refractivity contribution in [3.05, 3.63) is 136 Å². The number of hydrogen-bond donors (Lipinski definition) is 4. The minimum Gasteiger partial charge on any atom is -0.504 e. The van der Waals surface area contributed by atoms with Crippen LogP contribution in [-0.4, -0.2) is 54.9 Å². The highest BCUT2D eigenvalue weighted by Crippen LogP contribution is 2.51. The number of Topliss-reactive ketones (excluding diaryl/α,β-unsaturated/α-hetero) is 1. The van der Waals surface area contributed by atoms with Crippen LogP contribution in [0.2, 0.25) is 0 Å². The van der Waals surface area contributed by atoms with Gasteiger partial charge in [0.25, 0.3) is 0 Å². The van der Waals surface area contributed by atoms with Crippen molar-refractivity contribution in [1.82, 2.24) is 15.6 Å². The monoisotopic (exact) mass is 823 g/mol. The lowest BCUT2D eigenvalue weighted by molar-refractivity contribution is -0.124. The summed E-state index contributed by atoms with van der Waals surface area (Å²) in [7, 11) is 3.60. The number of allylic oxidation sites excluding steroid dienone is 1. The van der Waals surface area contributed by atoms with Crippen molar-refractivity contribution in [2.24, 2.45) is 23.2 Å². The third-order valence-electron chi connectivity index (χ3n) is 14.0. The summed E-state index contributed by atoms with van der Waals surface area (Å²) >= 11 is 0. The molecule has 322 valence electrons. The number of nitrogens with zero attached hydrogens (tertiary/aromatic N) is 1. The molecule has 0 unspecified atom stereocenters. The first-order valence-electron chi connectivity index (χ1n) is 22.7. The summed E-state index contributed by atoms with van der Waals surface area (Å²) in [5.74, 6) is 2.51. The van der Waals surface area contributed by atoms with Gasteiger partial charge in [-0.3, -0.25) is 9.59 Å². The largest absolute Gasteiger partial charge is 0.504 e. The molecule has 8 heteroatoms. The number of hydrogen-bond acceptors (Lipinski definition) is 8. The van der Waals surface area contributed by atoms with E-state index < -0.39 is 0 Å². The number of pyridine rings is 1. The fourth-order valence-electron chi connectivity index (χ4n) is 10.7. The van der Waals surface area contributed by atoms with Crippen LogP contribution in [0.5, 0.6) is 11.5 Å². The number of likely N-dealkylation sites (N-methyl/N-ethyl adjacent to an activating group) is 1. The van der Waals surface area contributed by atoms with E-state index in [4.69, 9.17) is 10.5 Å². The average Bonchev–Trinajstić information content (AvgIpc) is 3.74. The number of ketones is 2. The van der Waals surface area contributed by atoms with Gasteiger partial charge in [0.1, 0.15) is 11.6 Å². The molecule has 3 aliphatic rings. The van der Waals surface area contributed by atoms with E-state index in [1.807, 2.05) is 12.3 Å². The molecule has 5 N–H and O–H groups in total. The number of methoxy groups -OCH3 is 1. The minimum absolute atomic E-state index is 0.00208. The number of benzene rings is 3. The Hall–Kier alpha value is -5.05. The molecule has 4 atom stereocenters. The van der Waals surface area contributed by atoms with E-state index >= 15 is 0 Å². The molecule has 2 aliphatic carbocycles. The maximum Gasteiger partial charge on any atom is 0.163 e. The lowest BCUT2D eigenvalue weighted by atomic mass is 9.63. The molecule has 61 heavy (non-hydrogen) atoms. The Morgan fingerprint density at radius 2 is 1.69 bits per heavy atom. The normalized spacial score (nSPS) is 20.8. The van der Waals surface area contributed by atoms with Crippen molar-refractivity contribution >= 4 is 23.5 Å². The zero-order chi connectivity index (χ0) is 42.6. The van der Waals surface area contributed by atoms with Crippen molar-refractivity contribution in [2.45, 2.75) is 102 Å². The van der Waals surface area contributed by atoms with Crippen LogP contribution >= 0.6 is 0 Å². The fourth-order valence-corrected chi connectivity index (χ4v) is 10.7. The van der Waals surface area contributed by atoms with E-state index in [1.54, 1.807) is 18.2 Å². The number of rotatable bonds is 20. The Morgan fingerprint density at radius 3 is 2.46 bits per heavy atom. The first kappa shape index (κ1) is 44.0. The summed E-state index contributed by atoms with van der Waals surface area (Å²) in [6.45, 7) is 2.17. The van der Waals surface area contributed by atoms with Gasteiger partial charge in [-0.2, -0.15) is 0 Å². The van der Waals surface area contributed by atoms with Gasteiger partial charge in [-0.1, -0.05) is 85.7 Å². The smallest absolute Gasteiger partial charge is 0.163 e. The summed E-state index contributed by atoms with van der Waals surface area (Å²) in [5, 5.41) is 18.1. The zero-order valence-electron chi connectivity index (χ0n) is 36.3. The molecule has 0 radical (unpaired) electrons. The number of nitrogen functional groups attached to an aromatic ring is 1. The number of phenolic OH excluding ortho intramolecular Hbond substituents is 1. The number of aromatic nitrogens is 1. The number of carbonyl (C=O) groups is 2. The van der Waals surface area contributed by atoms with E-state index in [9.17, 15) is 14.7 Å². The van der Waals surface area contributed by atoms with E-state index in [2.05, 4.69) is 89.4 Å². The molecule has 1 saturated carbocycles. The molecule has 8 nitrogen and oxygen atoms in total. The maximum atomic E-state index is 13.3. The molecular formula is C53H66N4O4. The standard InChI is InChI=1S/C53H66N4O4/c1-55-49-22-20-42-35-56-27-23-47(42)48(49)34-53(24-6-7-25-53)26-9-14-45(58)33-46(59)21-19-40-31-51(61-2)50(60)30-43(40)29-44-36-57-52(54)32-41(44)18-17-39-13-8-12-38(28-39)16-15-37-10-4-3-5-11-37/h3-5,8,10-13,19-22,28,30-32,36,42,47-49,55-56,60H,6-7,9,14-18,23-27,29,33-35H2,1-2H3,(H2,54,57)/t42-,47-,48+,49+/m0/s1. The highest BCUT2D eigenvalue weighted by molar-refractivity contribution is 6.06.